The highest BCUT2D eigenvalue weighted by Crippen LogP contribution is 2.42. The lowest BCUT2D eigenvalue weighted by molar-refractivity contribution is -0.137. The number of hydrogen-bond donors (Lipinski definition) is 3. The summed E-state index contributed by atoms with van der Waals surface area (Å²) in [6.07, 6.45) is 3.38. The molecule has 1 fully saturated rings. The molecule has 8 nitrogen and oxygen atoms in total. The molecule has 0 atom stereocenters. The van der Waals surface area contributed by atoms with E-state index in [2.05, 4.69) is 20.6 Å². The number of para-hydroxylation sites is 1. The highest BCUT2D eigenvalue weighted by molar-refractivity contribution is 6.18. The number of hydrogen-bond acceptors (Lipinski definition) is 5. The predicted octanol–water partition coefficient (Wildman–Crippen LogP) is 7.60. The zero-order chi connectivity index (χ0) is 35.0. The second-order valence-corrected chi connectivity index (χ2v) is 12.2. The summed E-state index contributed by atoms with van der Waals surface area (Å²) in [5.74, 6) is -3.30. The van der Waals surface area contributed by atoms with Crippen molar-refractivity contribution in [2.75, 3.05) is 19.0 Å². The van der Waals surface area contributed by atoms with E-state index in [0.717, 1.165) is 43.9 Å². The van der Waals surface area contributed by atoms with Crippen molar-refractivity contribution in [3.8, 4) is 11.1 Å². The smallest absolute Gasteiger partial charge is 0.381 e. The fourth-order valence-electron chi connectivity index (χ4n) is 6.43. The van der Waals surface area contributed by atoms with E-state index in [1.165, 1.54) is 36.5 Å². The monoisotopic (exact) mass is 679 g/mol. The minimum Gasteiger partial charge on any atom is -0.381 e. The molecule has 1 amide bonds. The molecule has 2 aromatic heterocycles. The van der Waals surface area contributed by atoms with Crippen LogP contribution in [0.25, 0.3) is 33.1 Å². The van der Waals surface area contributed by atoms with Crippen LogP contribution in [0.15, 0.2) is 60.8 Å². The van der Waals surface area contributed by atoms with Crippen LogP contribution in [0.1, 0.15) is 53.0 Å². The third-order valence-corrected chi connectivity index (χ3v) is 9.15. The van der Waals surface area contributed by atoms with Crippen molar-refractivity contribution in [2.24, 2.45) is 7.05 Å². The van der Waals surface area contributed by atoms with E-state index in [4.69, 9.17) is 4.74 Å². The Kier molecular flexibility index (Phi) is 9.41. The van der Waals surface area contributed by atoms with Crippen LogP contribution in [0.3, 0.4) is 0 Å². The van der Waals surface area contributed by atoms with Crippen LogP contribution in [0.5, 0.6) is 0 Å². The normalized spacial score (nSPS) is 17.0. The van der Waals surface area contributed by atoms with Crippen LogP contribution < -0.4 is 10.6 Å². The molecule has 49 heavy (non-hydrogen) atoms. The number of aromatic nitrogens is 3. The first-order chi connectivity index (χ1) is 23.3. The van der Waals surface area contributed by atoms with Crippen molar-refractivity contribution in [1.29, 1.82) is 0 Å². The van der Waals surface area contributed by atoms with Gasteiger partial charge < -0.3 is 24.9 Å². The molecule has 1 aliphatic carbocycles. The van der Waals surface area contributed by atoms with Gasteiger partial charge in [-0.25, -0.2) is 13.8 Å². The molecule has 0 bridgehead atoms. The number of carbonyl (C=O) groups excluding carboxylic acids is 2. The van der Waals surface area contributed by atoms with Crippen LogP contribution in [0.4, 0.5) is 27.6 Å². The number of imidazole rings is 1. The second kappa shape index (κ2) is 13.6. The molecule has 3 N–H and O–H groups in total. The number of nitrogens with zero attached hydrogens (tertiary/aromatic N) is 2. The molecule has 0 saturated heterocycles. The molecule has 1 saturated carbocycles. The molecule has 0 aliphatic heterocycles. The number of H-pyrrole nitrogens is 1. The van der Waals surface area contributed by atoms with Gasteiger partial charge in [0.1, 0.15) is 23.1 Å². The number of aromatic amines is 1. The van der Waals surface area contributed by atoms with E-state index in [-0.39, 0.29) is 39.3 Å². The maximum Gasteiger partial charge on any atom is 0.417 e. The molecular formula is C36H34F5N5O3. The Morgan fingerprint density at radius 1 is 1.06 bits per heavy atom. The maximum absolute atomic E-state index is 15.1. The Morgan fingerprint density at radius 3 is 2.45 bits per heavy atom. The maximum atomic E-state index is 15.1. The molecular weight excluding hydrogens is 645 g/mol. The van der Waals surface area contributed by atoms with Crippen LogP contribution in [-0.2, 0) is 22.8 Å². The molecule has 256 valence electrons. The van der Waals surface area contributed by atoms with E-state index in [0.29, 0.717) is 29.4 Å². The number of rotatable bonds is 9. The number of halogens is 5. The minimum absolute atomic E-state index is 0.00175. The molecule has 0 spiro atoms. The predicted molar refractivity (Wildman–Crippen MR) is 176 cm³/mol. The molecule has 0 radical (unpaired) electrons. The van der Waals surface area contributed by atoms with Gasteiger partial charge in [0, 0.05) is 61.1 Å². The topological polar surface area (TPSA) is 101 Å². The largest absolute Gasteiger partial charge is 0.417 e. The first-order valence-corrected chi connectivity index (χ1v) is 15.8. The molecule has 2 heterocycles. The number of amides is 1. The van der Waals surface area contributed by atoms with Crippen molar-refractivity contribution in [3.05, 3.63) is 95.0 Å². The van der Waals surface area contributed by atoms with Crippen molar-refractivity contribution in [2.45, 2.75) is 50.9 Å². The van der Waals surface area contributed by atoms with Crippen LogP contribution in [-0.4, -0.2) is 52.0 Å². The van der Waals surface area contributed by atoms with E-state index >= 15 is 8.78 Å². The number of alkyl halides is 3. The summed E-state index contributed by atoms with van der Waals surface area (Å²) < 4.78 is 80.1. The standard InChI is InChI=1S/C36H34F5N5O3/c1-19-44-30-16-25(27(36(39,40)41)17-31(30)46(19)2)23-6-4-7-24-26(18-43-33(23)24)35(48)20-14-28(37)34(29(38)15-20)45-32(47)8-5-13-42-21-9-11-22(49-3)12-10-21/h4-8,14-18,21-22,42-43H,9-13H2,1-3H3,(H,45,47)/b8-5+. The summed E-state index contributed by atoms with van der Waals surface area (Å²) in [5, 5.41) is 5.77. The summed E-state index contributed by atoms with van der Waals surface area (Å²) in [4.78, 5) is 33.2. The number of methoxy groups -OCH3 is 1. The lowest BCUT2D eigenvalue weighted by atomic mass is 9.93. The van der Waals surface area contributed by atoms with Crippen molar-refractivity contribution in [3.63, 3.8) is 0 Å². The Bertz CT molecular complexity index is 2070. The zero-order valence-electron chi connectivity index (χ0n) is 27.0. The molecule has 0 unspecified atom stereocenters. The second-order valence-electron chi connectivity index (χ2n) is 12.2. The van der Waals surface area contributed by atoms with E-state index in [1.807, 2.05) is 0 Å². The van der Waals surface area contributed by atoms with Gasteiger partial charge in [0.05, 0.1) is 28.2 Å². The fourth-order valence-corrected chi connectivity index (χ4v) is 6.43. The number of fused-ring (bicyclic) bond motifs is 2. The molecule has 5 aromatic rings. The van der Waals surface area contributed by atoms with Crippen LogP contribution in [0, 0.1) is 18.6 Å². The highest BCUT2D eigenvalue weighted by atomic mass is 19.4. The minimum atomic E-state index is -4.70. The lowest BCUT2D eigenvalue weighted by Crippen LogP contribution is -2.35. The zero-order valence-corrected chi connectivity index (χ0v) is 27.0. The quantitative estimate of drug-likeness (QED) is 0.0847. The Labute approximate surface area is 278 Å². The van der Waals surface area contributed by atoms with Gasteiger partial charge in [-0.2, -0.15) is 13.2 Å². The number of benzene rings is 3. The lowest BCUT2D eigenvalue weighted by Gasteiger charge is -2.27. The molecule has 1 aliphatic rings. The van der Waals surface area contributed by atoms with E-state index < -0.39 is 40.8 Å². The van der Waals surface area contributed by atoms with Gasteiger partial charge in [-0.15, -0.1) is 0 Å². The van der Waals surface area contributed by atoms with Gasteiger partial charge in [-0.05, 0) is 62.4 Å². The summed E-state index contributed by atoms with van der Waals surface area (Å²) in [6, 6.07) is 8.85. The number of anilines is 1. The van der Waals surface area contributed by atoms with Crippen LogP contribution in [0.2, 0.25) is 0 Å². The van der Waals surface area contributed by atoms with Crippen molar-refractivity contribution < 1.29 is 36.3 Å². The summed E-state index contributed by atoms with van der Waals surface area (Å²) in [6.45, 7) is 2.09. The van der Waals surface area contributed by atoms with Gasteiger partial charge >= 0.3 is 6.18 Å². The number of carbonyl (C=O) groups is 2. The van der Waals surface area contributed by atoms with Crippen LogP contribution >= 0.6 is 0 Å². The SMILES string of the molecule is COC1CCC(NC/C=C/C(=O)Nc2c(F)cc(C(=O)c3c[nH]c4c(-c5cc6nc(C)n(C)c6cc5C(F)(F)F)cccc34)cc2F)CC1. The van der Waals surface area contributed by atoms with Gasteiger partial charge in [0.25, 0.3) is 0 Å². The first-order valence-electron chi connectivity index (χ1n) is 15.8. The van der Waals surface area contributed by atoms with E-state index in [1.54, 1.807) is 31.7 Å². The first kappa shape index (κ1) is 34.0. The molecule has 13 heteroatoms. The Hall–Kier alpha value is -4.88. The summed E-state index contributed by atoms with van der Waals surface area (Å²) >= 11 is 0. The number of ketones is 1. The van der Waals surface area contributed by atoms with Gasteiger partial charge in [0.2, 0.25) is 5.91 Å². The highest BCUT2D eigenvalue weighted by Gasteiger charge is 2.35. The Morgan fingerprint density at radius 2 is 1.78 bits per heavy atom. The third-order valence-electron chi connectivity index (χ3n) is 9.15. The van der Waals surface area contributed by atoms with Gasteiger partial charge in [-0.3, -0.25) is 9.59 Å². The number of aryl methyl sites for hydroxylation is 2. The van der Waals surface area contributed by atoms with E-state index in [9.17, 15) is 22.8 Å². The Balaban J connectivity index is 1.22. The van der Waals surface area contributed by atoms with Gasteiger partial charge in [-0.1, -0.05) is 24.3 Å². The van der Waals surface area contributed by atoms with Gasteiger partial charge in [0.15, 0.2) is 5.78 Å². The molecule has 3 aromatic carbocycles. The summed E-state index contributed by atoms with van der Waals surface area (Å²) in [7, 11) is 3.33. The van der Waals surface area contributed by atoms with Crippen molar-refractivity contribution >= 4 is 39.3 Å². The molecule has 6 rings (SSSR count). The number of ether oxygens (including phenoxy) is 1. The third kappa shape index (κ3) is 6.86. The summed E-state index contributed by atoms with van der Waals surface area (Å²) in [5.41, 5.74) is -0.979. The number of nitrogens with one attached hydrogen (secondary N) is 3. The fraction of sp³-hybridized carbons (Fsp3) is 0.306. The van der Waals surface area contributed by atoms with Crippen molar-refractivity contribution in [1.82, 2.24) is 19.9 Å². The average molecular weight is 680 g/mol. The average Bonchev–Trinajstić information content (AvgIpc) is 3.63.